The Hall–Kier alpha value is -1.22. The molecular formula is C12H16FNO5S. The summed E-state index contributed by atoms with van der Waals surface area (Å²) in [4.78, 5) is -0.169. The molecule has 6 nitrogen and oxygen atoms in total. The lowest BCUT2D eigenvalue weighted by molar-refractivity contribution is 0.0761. The summed E-state index contributed by atoms with van der Waals surface area (Å²) in [6, 6.07) is 2.97. The maximum Gasteiger partial charge on any atom is 0.241 e. The van der Waals surface area contributed by atoms with Gasteiger partial charge in [-0.25, -0.2) is 17.5 Å². The van der Waals surface area contributed by atoms with Crippen molar-refractivity contribution >= 4 is 10.0 Å². The molecule has 1 N–H and O–H groups in total. The van der Waals surface area contributed by atoms with E-state index in [4.69, 9.17) is 14.2 Å². The molecule has 0 aromatic heterocycles. The number of ether oxygens (including phenoxy) is 3. The summed E-state index contributed by atoms with van der Waals surface area (Å²) in [7, 11) is -1.05. The van der Waals surface area contributed by atoms with Crippen LogP contribution in [0.4, 0.5) is 4.39 Å². The Kier molecular flexibility index (Phi) is 4.59. The lowest BCUT2D eigenvalue weighted by Gasteiger charge is -2.17. The van der Waals surface area contributed by atoms with Crippen LogP contribution in [0.25, 0.3) is 0 Å². The van der Waals surface area contributed by atoms with Crippen molar-refractivity contribution in [2.75, 3.05) is 27.4 Å². The number of hydrogen-bond donors (Lipinski definition) is 1. The fourth-order valence-electron chi connectivity index (χ4n) is 1.96. The quantitative estimate of drug-likeness (QED) is 0.859. The van der Waals surface area contributed by atoms with Crippen LogP contribution in [0.3, 0.4) is 0 Å². The molecule has 1 aliphatic heterocycles. The number of nitrogens with one attached hydrogen (secondary N) is 1. The smallest absolute Gasteiger partial charge is 0.241 e. The van der Waals surface area contributed by atoms with Crippen LogP contribution < -0.4 is 9.46 Å². The van der Waals surface area contributed by atoms with Gasteiger partial charge in [-0.2, -0.15) is 0 Å². The van der Waals surface area contributed by atoms with Crippen molar-refractivity contribution in [3.05, 3.63) is 24.0 Å². The van der Waals surface area contributed by atoms with Crippen LogP contribution >= 0.6 is 0 Å². The highest BCUT2D eigenvalue weighted by Crippen LogP contribution is 2.21. The molecule has 1 heterocycles. The molecule has 112 valence electrons. The molecule has 2 rings (SSSR count). The first-order valence-corrected chi connectivity index (χ1v) is 7.42. The van der Waals surface area contributed by atoms with Gasteiger partial charge in [0.15, 0.2) is 11.6 Å². The molecule has 1 fully saturated rings. The number of halogens is 1. The third kappa shape index (κ3) is 3.09. The fourth-order valence-corrected chi connectivity index (χ4v) is 3.22. The Labute approximate surface area is 116 Å². The summed E-state index contributed by atoms with van der Waals surface area (Å²) in [5.74, 6) is -0.746. The zero-order valence-corrected chi connectivity index (χ0v) is 11.9. The molecule has 0 aliphatic carbocycles. The lowest BCUT2D eigenvalue weighted by atomic mass is 10.2. The first-order valence-electron chi connectivity index (χ1n) is 5.94. The highest BCUT2D eigenvalue weighted by atomic mass is 32.2. The van der Waals surface area contributed by atoms with E-state index in [0.717, 1.165) is 6.07 Å². The first kappa shape index (κ1) is 15.2. The molecule has 2 atom stereocenters. The van der Waals surface area contributed by atoms with Crippen LogP contribution in [-0.2, 0) is 19.5 Å². The van der Waals surface area contributed by atoms with Gasteiger partial charge in [0.2, 0.25) is 10.0 Å². The Morgan fingerprint density at radius 1 is 1.35 bits per heavy atom. The van der Waals surface area contributed by atoms with E-state index in [0.29, 0.717) is 6.61 Å². The van der Waals surface area contributed by atoms with Crippen molar-refractivity contribution in [1.82, 2.24) is 4.72 Å². The summed E-state index contributed by atoms with van der Waals surface area (Å²) >= 11 is 0. The molecule has 1 saturated heterocycles. The number of sulfonamides is 1. The molecule has 20 heavy (non-hydrogen) atoms. The predicted octanol–water partition coefficient (Wildman–Crippen LogP) is 0.526. The largest absolute Gasteiger partial charge is 0.494 e. The maximum atomic E-state index is 13.6. The van der Waals surface area contributed by atoms with Gasteiger partial charge in [-0.1, -0.05) is 0 Å². The molecule has 0 spiro atoms. The van der Waals surface area contributed by atoms with E-state index in [9.17, 15) is 12.8 Å². The highest BCUT2D eigenvalue weighted by molar-refractivity contribution is 7.89. The molecule has 1 aromatic carbocycles. The summed E-state index contributed by atoms with van der Waals surface area (Å²) in [5, 5.41) is 0. The van der Waals surface area contributed by atoms with Crippen LogP contribution in [0.15, 0.2) is 23.1 Å². The van der Waals surface area contributed by atoms with Crippen molar-refractivity contribution in [2.45, 2.75) is 17.0 Å². The van der Waals surface area contributed by atoms with E-state index >= 15 is 0 Å². The topological polar surface area (TPSA) is 73.9 Å². The van der Waals surface area contributed by atoms with E-state index in [2.05, 4.69) is 4.72 Å². The maximum absolute atomic E-state index is 13.6. The average Bonchev–Trinajstić information content (AvgIpc) is 2.85. The van der Waals surface area contributed by atoms with Crippen molar-refractivity contribution in [1.29, 1.82) is 0 Å². The second-order valence-corrected chi connectivity index (χ2v) is 6.05. The minimum atomic E-state index is -3.84. The molecule has 0 bridgehead atoms. The number of methoxy groups -OCH3 is 2. The normalized spacial score (nSPS) is 22.9. The van der Waals surface area contributed by atoms with Gasteiger partial charge in [0.1, 0.15) is 0 Å². The monoisotopic (exact) mass is 305 g/mol. The number of rotatable bonds is 5. The average molecular weight is 305 g/mol. The fraction of sp³-hybridized carbons (Fsp3) is 0.500. The number of hydrogen-bond acceptors (Lipinski definition) is 5. The molecule has 8 heteroatoms. The van der Waals surface area contributed by atoms with Gasteiger partial charge in [-0.15, -0.1) is 0 Å². The third-order valence-corrected chi connectivity index (χ3v) is 4.56. The zero-order valence-electron chi connectivity index (χ0n) is 11.1. The Bertz CT molecular complexity index is 577. The van der Waals surface area contributed by atoms with Crippen LogP contribution in [0.2, 0.25) is 0 Å². The van der Waals surface area contributed by atoms with Crippen LogP contribution in [0.5, 0.6) is 5.75 Å². The SMILES string of the molecule is COc1ccc(S(=O)(=O)N[C@H]2COC[C@@H]2OC)cc1F. The van der Waals surface area contributed by atoms with E-state index in [1.54, 1.807) is 0 Å². The minimum Gasteiger partial charge on any atom is -0.494 e. The Morgan fingerprint density at radius 2 is 2.10 bits per heavy atom. The minimum absolute atomic E-state index is 0.0112. The second-order valence-electron chi connectivity index (χ2n) is 4.34. The van der Waals surface area contributed by atoms with Gasteiger partial charge in [0, 0.05) is 7.11 Å². The van der Waals surface area contributed by atoms with Crippen LogP contribution in [-0.4, -0.2) is 48.0 Å². The summed E-state index contributed by atoms with van der Waals surface area (Å²) in [6.07, 6.45) is -0.354. The van der Waals surface area contributed by atoms with Gasteiger partial charge in [0.25, 0.3) is 0 Å². The summed E-state index contributed by atoms with van der Waals surface area (Å²) < 4.78 is 55.4. The van der Waals surface area contributed by atoms with E-state index in [1.165, 1.54) is 26.4 Å². The van der Waals surface area contributed by atoms with Crippen molar-refractivity contribution in [3.63, 3.8) is 0 Å². The molecule has 0 radical (unpaired) electrons. The predicted molar refractivity (Wildman–Crippen MR) is 68.7 cm³/mol. The standard InChI is InChI=1S/C12H16FNO5S/c1-17-11-4-3-8(5-9(11)13)20(15,16)14-10-6-19-7-12(10)18-2/h3-5,10,12,14H,6-7H2,1-2H3/t10-,12-/m0/s1. The van der Waals surface area contributed by atoms with Gasteiger partial charge in [-0.05, 0) is 18.2 Å². The zero-order chi connectivity index (χ0) is 14.8. The molecule has 0 unspecified atom stereocenters. The van der Waals surface area contributed by atoms with Crippen molar-refractivity contribution in [2.24, 2.45) is 0 Å². The molecule has 1 aliphatic rings. The van der Waals surface area contributed by atoms with E-state index < -0.39 is 21.9 Å². The molecule has 0 amide bonds. The number of benzene rings is 1. The van der Waals surface area contributed by atoms with Gasteiger partial charge in [-0.3, -0.25) is 0 Å². The summed E-state index contributed by atoms with van der Waals surface area (Å²) in [6.45, 7) is 0.539. The first-order chi connectivity index (χ1) is 9.47. The van der Waals surface area contributed by atoms with Crippen molar-refractivity contribution in [3.8, 4) is 5.75 Å². The third-order valence-electron chi connectivity index (χ3n) is 3.07. The van der Waals surface area contributed by atoms with Crippen LogP contribution in [0, 0.1) is 5.82 Å². The van der Waals surface area contributed by atoms with E-state index in [1.807, 2.05) is 0 Å². The lowest BCUT2D eigenvalue weighted by Crippen LogP contribution is -2.43. The van der Waals surface area contributed by atoms with Gasteiger partial charge in [0.05, 0.1) is 37.4 Å². The highest BCUT2D eigenvalue weighted by Gasteiger charge is 2.32. The van der Waals surface area contributed by atoms with Crippen LogP contribution in [0.1, 0.15) is 0 Å². The Morgan fingerprint density at radius 3 is 2.70 bits per heavy atom. The molecular weight excluding hydrogens is 289 g/mol. The van der Waals surface area contributed by atoms with Crippen molar-refractivity contribution < 1.29 is 27.0 Å². The molecule has 0 saturated carbocycles. The Balaban J connectivity index is 2.20. The summed E-state index contributed by atoms with van der Waals surface area (Å²) in [5.41, 5.74) is 0. The van der Waals surface area contributed by atoms with E-state index in [-0.39, 0.29) is 23.4 Å². The van der Waals surface area contributed by atoms with Gasteiger partial charge < -0.3 is 14.2 Å². The molecule has 1 aromatic rings. The van der Waals surface area contributed by atoms with Gasteiger partial charge >= 0.3 is 0 Å². The second kappa shape index (κ2) is 6.04.